The first-order chi connectivity index (χ1) is 10.2. The number of nitrogens with zero attached hydrogens (tertiary/aromatic N) is 1. The number of hydrogen-bond donors (Lipinski definition) is 2. The summed E-state index contributed by atoms with van der Waals surface area (Å²) in [5, 5.41) is 12.8. The molecule has 3 nitrogen and oxygen atoms in total. The van der Waals surface area contributed by atoms with Crippen molar-refractivity contribution >= 4 is 11.6 Å². The van der Waals surface area contributed by atoms with E-state index >= 15 is 0 Å². The maximum atomic E-state index is 13.1. The Kier molecular flexibility index (Phi) is 6.11. The smallest absolute Gasteiger partial charge is 0.141 e. The van der Waals surface area contributed by atoms with Crippen LogP contribution in [0.1, 0.15) is 11.3 Å². The molecule has 0 saturated carbocycles. The van der Waals surface area contributed by atoms with Crippen LogP contribution in [0.4, 0.5) is 4.39 Å². The number of halogens is 2. The maximum Gasteiger partial charge on any atom is 0.141 e. The van der Waals surface area contributed by atoms with E-state index < -0.39 is 5.82 Å². The minimum absolute atomic E-state index is 0.0910. The molecule has 2 aromatic rings. The highest BCUT2D eigenvalue weighted by molar-refractivity contribution is 6.30. The Labute approximate surface area is 128 Å². The molecule has 0 aliphatic rings. The van der Waals surface area contributed by atoms with Crippen LogP contribution in [-0.4, -0.2) is 23.2 Å². The van der Waals surface area contributed by atoms with Gasteiger partial charge in [-0.2, -0.15) is 0 Å². The molecule has 0 radical (unpaired) electrons. The second-order valence-electron chi connectivity index (χ2n) is 4.95. The van der Waals surface area contributed by atoms with Gasteiger partial charge in [0.2, 0.25) is 0 Å². The van der Waals surface area contributed by atoms with E-state index in [1.807, 2.05) is 18.2 Å². The highest BCUT2D eigenvalue weighted by Gasteiger charge is 2.09. The zero-order valence-electron chi connectivity index (χ0n) is 11.6. The lowest BCUT2D eigenvalue weighted by Crippen LogP contribution is -2.26. The fraction of sp³-hybridized carbons (Fsp3) is 0.312. The van der Waals surface area contributed by atoms with Crippen LogP contribution in [0.3, 0.4) is 0 Å². The lowest BCUT2D eigenvalue weighted by Gasteiger charge is -2.15. The molecule has 0 spiro atoms. The van der Waals surface area contributed by atoms with Gasteiger partial charge in [-0.3, -0.25) is 4.98 Å². The van der Waals surface area contributed by atoms with E-state index in [0.29, 0.717) is 19.5 Å². The molecular formula is C16H18ClFN2O. The van der Waals surface area contributed by atoms with Crippen molar-refractivity contribution in [2.75, 3.05) is 13.2 Å². The van der Waals surface area contributed by atoms with Crippen molar-refractivity contribution in [1.29, 1.82) is 0 Å². The van der Waals surface area contributed by atoms with E-state index in [9.17, 15) is 9.50 Å². The monoisotopic (exact) mass is 308 g/mol. The minimum Gasteiger partial charge on any atom is -0.396 e. The Hall–Kier alpha value is -1.49. The number of pyridine rings is 1. The lowest BCUT2D eigenvalue weighted by atomic mass is 10.0. The number of nitrogens with one attached hydrogen (secondary N) is 1. The van der Waals surface area contributed by atoms with Crippen LogP contribution in [0.15, 0.2) is 42.6 Å². The molecule has 1 heterocycles. The van der Waals surface area contributed by atoms with Crippen molar-refractivity contribution in [2.45, 2.75) is 13.0 Å². The van der Waals surface area contributed by atoms with Crippen LogP contribution < -0.4 is 5.32 Å². The summed E-state index contributed by atoms with van der Waals surface area (Å²) in [5.41, 5.74) is 1.87. The number of aromatic nitrogens is 1. The largest absolute Gasteiger partial charge is 0.396 e. The summed E-state index contributed by atoms with van der Waals surface area (Å²) >= 11 is 5.74. The third kappa shape index (κ3) is 5.08. The summed E-state index contributed by atoms with van der Waals surface area (Å²) < 4.78 is 13.1. The second kappa shape index (κ2) is 8.08. The summed E-state index contributed by atoms with van der Waals surface area (Å²) in [4.78, 5) is 4.26. The molecule has 0 bridgehead atoms. The van der Waals surface area contributed by atoms with E-state index in [0.717, 1.165) is 11.3 Å². The van der Waals surface area contributed by atoms with Gasteiger partial charge in [-0.1, -0.05) is 23.7 Å². The van der Waals surface area contributed by atoms with Gasteiger partial charge in [0, 0.05) is 31.6 Å². The van der Waals surface area contributed by atoms with Gasteiger partial charge in [0.05, 0.1) is 5.02 Å². The molecule has 5 heteroatoms. The predicted molar refractivity (Wildman–Crippen MR) is 81.6 cm³/mol. The quantitative estimate of drug-likeness (QED) is 0.827. The molecule has 1 aromatic heterocycles. The van der Waals surface area contributed by atoms with Crippen LogP contribution in [0.25, 0.3) is 0 Å². The van der Waals surface area contributed by atoms with Crippen molar-refractivity contribution < 1.29 is 9.50 Å². The average Bonchev–Trinajstić information content (AvgIpc) is 2.51. The van der Waals surface area contributed by atoms with Crippen LogP contribution in [0.5, 0.6) is 0 Å². The first-order valence-electron chi connectivity index (χ1n) is 6.84. The topological polar surface area (TPSA) is 45.1 Å². The minimum atomic E-state index is -0.413. The highest BCUT2D eigenvalue weighted by atomic mass is 35.5. The van der Waals surface area contributed by atoms with E-state index in [2.05, 4.69) is 10.3 Å². The van der Waals surface area contributed by atoms with Gasteiger partial charge < -0.3 is 10.4 Å². The normalized spacial score (nSPS) is 12.3. The fourth-order valence-corrected chi connectivity index (χ4v) is 2.29. The molecule has 0 fully saturated rings. The third-order valence-electron chi connectivity index (χ3n) is 3.23. The SMILES string of the molecule is OCC(CNCc1ccc(F)c(Cl)c1)Cc1ccccn1. The average molecular weight is 309 g/mol. The molecule has 0 aliphatic carbocycles. The Morgan fingerprint density at radius 2 is 2.14 bits per heavy atom. The van der Waals surface area contributed by atoms with Gasteiger partial charge in [0.1, 0.15) is 5.82 Å². The number of rotatable bonds is 7. The first kappa shape index (κ1) is 15.9. The van der Waals surface area contributed by atoms with Crippen molar-refractivity contribution in [1.82, 2.24) is 10.3 Å². The molecule has 2 N–H and O–H groups in total. The van der Waals surface area contributed by atoms with Gasteiger partial charge in [0.25, 0.3) is 0 Å². The van der Waals surface area contributed by atoms with Crippen molar-refractivity contribution in [3.8, 4) is 0 Å². The maximum absolute atomic E-state index is 13.1. The molecule has 1 aromatic carbocycles. The predicted octanol–water partition coefficient (Wildman–Crippen LogP) is 2.81. The molecule has 0 saturated heterocycles. The van der Waals surface area contributed by atoms with Crippen LogP contribution in [0, 0.1) is 11.7 Å². The first-order valence-corrected chi connectivity index (χ1v) is 7.22. The van der Waals surface area contributed by atoms with E-state index in [1.54, 1.807) is 18.3 Å². The van der Waals surface area contributed by atoms with Gasteiger partial charge >= 0.3 is 0 Å². The Morgan fingerprint density at radius 3 is 2.81 bits per heavy atom. The zero-order chi connectivity index (χ0) is 15.1. The second-order valence-corrected chi connectivity index (χ2v) is 5.36. The molecule has 112 valence electrons. The molecule has 21 heavy (non-hydrogen) atoms. The fourth-order valence-electron chi connectivity index (χ4n) is 2.09. The van der Waals surface area contributed by atoms with E-state index in [-0.39, 0.29) is 17.5 Å². The lowest BCUT2D eigenvalue weighted by molar-refractivity contribution is 0.220. The summed E-state index contributed by atoms with van der Waals surface area (Å²) in [7, 11) is 0. The Balaban J connectivity index is 1.81. The van der Waals surface area contributed by atoms with Gasteiger partial charge in [-0.15, -0.1) is 0 Å². The molecular weight excluding hydrogens is 291 g/mol. The number of hydrogen-bond acceptors (Lipinski definition) is 3. The summed E-state index contributed by atoms with van der Waals surface area (Å²) in [6, 6.07) is 10.4. The molecule has 1 unspecified atom stereocenters. The third-order valence-corrected chi connectivity index (χ3v) is 3.52. The number of aliphatic hydroxyl groups is 1. The van der Waals surface area contributed by atoms with Gasteiger partial charge in [-0.05, 0) is 42.2 Å². The molecule has 0 amide bonds. The Morgan fingerprint density at radius 1 is 1.29 bits per heavy atom. The Bertz CT molecular complexity index is 565. The summed E-state index contributed by atoms with van der Waals surface area (Å²) in [6.45, 7) is 1.33. The van der Waals surface area contributed by atoms with E-state index in [1.165, 1.54) is 6.07 Å². The van der Waals surface area contributed by atoms with Gasteiger partial charge in [0.15, 0.2) is 0 Å². The van der Waals surface area contributed by atoms with Crippen LogP contribution in [-0.2, 0) is 13.0 Å². The standard InChI is InChI=1S/C16H18ClFN2O/c17-15-8-12(4-5-16(15)18)9-19-10-13(11-21)7-14-3-1-2-6-20-14/h1-6,8,13,19,21H,7,9-11H2. The van der Waals surface area contributed by atoms with Crippen LogP contribution in [0.2, 0.25) is 5.02 Å². The zero-order valence-corrected chi connectivity index (χ0v) is 12.4. The van der Waals surface area contributed by atoms with Crippen molar-refractivity contribution in [3.63, 3.8) is 0 Å². The van der Waals surface area contributed by atoms with Crippen LogP contribution >= 0.6 is 11.6 Å². The van der Waals surface area contributed by atoms with Crippen molar-refractivity contribution in [3.05, 3.63) is 64.7 Å². The highest BCUT2D eigenvalue weighted by Crippen LogP contribution is 2.16. The summed E-state index contributed by atoms with van der Waals surface area (Å²) in [6.07, 6.45) is 2.46. The molecule has 2 rings (SSSR count). The molecule has 1 atom stereocenters. The molecule has 0 aliphatic heterocycles. The number of benzene rings is 1. The number of aliphatic hydroxyl groups excluding tert-OH is 1. The summed E-state index contributed by atoms with van der Waals surface area (Å²) in [5.74, 6) is -0.320. The van der Waals surface area contributed by atoms with Gasteiger partial charge in [-0.25, -0.2) is 4.39 Å². The van der Waals surface area contributed by atoms with E-state index in [4.69, 9.17) is 11.6 Å². The van der Waals surface area contributed by atoms with Crippen molar-refractivity contribution in [2.24, 2.45) is 5.92 Å².